The van der Waals surface area contributed by atoms with Crippen molar-refractivity contribution in [1.82, 2.24) is 5.32 Å². The van der Waals surface area contributed by atoms with Gasteiger partial charge >= 0.3 is 0 Å². The lowest BCUT2D eigenvalue weighted by Crippen LogP contribution is -2.41. The second kappa shape index (κ2) is 12.3. The summed E-state index contributed by atoms with van der Waals surface area (Å²) in [7, 11) is 0.559. The van der Waals surface area contributed by atoms with E-state index in [1.54, 1.807) is 37.4 Å². The zero-order valence-corrected chi connectivity index (χ0v) is 21.8. The fourth-order valence-corrected chi connectivity index (χ4v) is 5.04. The Bertz CT molecular complexity index is 1260. The van der Waals surface area contributed by atoms with E-state index in [9.17, 15) is 13.2 Å². The van der Waals surface area contributed by atoms with Gasteiger partial charge in [0.25, 0.3) is 10.0 Å². The molecule has 0 unspecified atom stereocenters. The van der Waals surface area contributed by atoms with E-state index in [-0.39, 0.29) is 11.4 Å². The van der Waals surface area contributed by atoms with Crippen LogP contribution in [-0.2, 0) is 21.2 Å². The van der Waals surface area contributed by atoms with Gasteiger partial charge in [0.1, 0.15) is 12.3 Å². The highest BCUT2D eigenvalue weighted by atomic mass is 32.2. The Kier molecular flexibility index (Phi) is 9.19. The van der Waals surface area contributed by atoms with Gasteiger partial charge in [-0.3, -0.25) is 9.10 Å². The molecule has 192 valence electrons. The van der Waals surface area contributed by atoms with Crippen molar-refractivity contribution in [2.75, 3.05) is 38.7 Å². The van der Waals surface area contributed by atoms with Gasteiger partial charge in [0.2, 0.25) is 5.91 Å². The van der Waals surface area contributed by atoms with Crippen LogP contribution in [-0.4, -0.2) is 48.7 Å². The van der Waals surface area contributed by atoms with Gasteiger partial charge in [-0.15, -0.1) is 0 Å². The molecule has 36 heavy (non-hydrogen) atoms. The summed E-state index contributed by atoms with van der Waals surface area (Å²) in [5.74, 6) is 1.20. The highest BCUT2D eigenvalue weighted by Crippen LogP contribution is 2.33. The summed E-state index contributed by atoms with van der Waals surface area (Å²) < 4.78 is 44.0. The fourth-order valence-electron chi connectivity index (χ4n) is 3.63. The molecule has 9 heteroatoms. The smallest absolute Gasteiger partial charge is 0.264 e. The number of rotatable bonds is 12. The minimum absolute atomic E-state index is 0.0928. The summed E-state index contributed by atoms with van der Waals surface area (Å²) >= 11 is 0. The van der Waals surface area contributed by atoms with E-state index in [0.29, 0.717) is 30.2 Å². The van der Waals surface area contributed by atoms with E-state index in [1.807, 2.05) is 31.2 Å². The Morgan fingerprint density at radius 2 is 1.53 bits per heavy atom. The third-order valence-corrected chi connectivity index (χ3v) is 7.46. The Labute approximate surface area is 212 Å². The van der Waals surface area contributed by atoms with Gasteiger partial charge in [-0.2, -0.15) is 0 Å². The lowest BCUT2D eigenvalue weighted by molar-refractivity contribution is -0.119. The predicted molar refractivity (Wildman–Crippen MR) is 140 cm³/mol. The summed E-state index contributed by atoms with van der Waals surface area (Å²) in [5.41, 5.74) is 2.35. The number of nitrogens with zero attached hydrogens (tertiary/aromatic N) is 1. The molecule has 1 N–H and O–H groups in total. The van der Waals surface area contributed by atoms with Crippen LogP contribution in [0, 0.1) is 6.92 Å². The van der Waals surface area contributed by atoms with Crippen molar-refractivity contribution in [3.05, 3.63) is 77.9 Å². The second-order valence-electron chi connectivity index (χ2n) is 8.17. The number of benzene rings is 3. The summed E-state index contributed by atoms with van der Waals surface area (Å²) in [6.45, 7) is 1.91. The van der Waals surface area contributed by atoms with Crippen molar-refractivity contribution in [3.63, 3.8) is 0 Å². The molecule has 3 aromatic rings. The molecular weight excluding hydrogens is 480 g/mol. The first-order valence-electron chi connectivity index (χ1n) is 11.5. The first-order valence-corrected chi connectivity index (χ1v) is 12.9. The van der Waals surface area contributed by atoms with Crippen molar-refractivity contribution < 1.29 is 27.4 Å². The Morgan fingerprint density at radius 3 is 2.14 bits per heavy atom. The normalized spacial score (nSPS) is 11.0. The topological polar surface area (TPSA) is 94.2 Å². The molecule has 0 saturated carbocycles. The monoisotopic (exact) mass is 512 g/mol. The molecular formula is C27H32N2O6S. The molecule has 3 aromatic carbocycles. The minimum atomic E-state index is -4.03. The van der Waals surface area contributed by atoms with Crippen LogP contribution < -0.4 is 23.8 Å². The van der Waals surface area contributed by atoms with Gasteiger partial charge in [-0.25, -0.2) is 8.42 Å². The fraction of sp³-hybridized carbons (Fsp3) is 0.296. The summed E-state index contributed by atoms with van der Waals surface area (Å²) in [6.07, 6.45) is 1.48. The molecule has 0 spiro atoms. The Hall–Kier alpha value is -3.72. The standard InChI is InChI=1S/C27H32N2O6S/c1-20-7-14-24(15-8-20)36(31,32)29(22-11-16-25(34-3)26(18-22)35-4)19-27(30)28-17-5-6-21-9-12-23(33-2)13-10-21/h7-16,18H,5-6,17,19H2,1-4H3,(H,28,30). The Balaban J connectivity index is 1.75. The maximum Gasteiger partial charge on any atom is 0.264 e. The van der Waals surface area contributed by atoms with Gasteiger partial charge in [0.15, 0.2) is 11.5 Å². The van der Waals surface area contributed by atoms with Gasteiger partial charge < -0.3 is 19.5 Å². The molecule has 0 heterocycles. The van der Waals surface area contributed by atoms with Gasteiger partial charge in [-0.05, 0) is 61.7 Å². The molecule has 0 saturated heterocycles. The molecule has 0 fully saturated rings. The van der Waals surface area contributed by atoms with Crippen molar-refractivity contribution in [2.45, 2.75) is 24.7 Å². The third-order valence-electron chi connectivity index (χ3n) is 5.67. The van der Waals surface area contributed by atoms with E-state index < -0.39 is 15.9 Å². The lowest BCUT2D eigenvalue weighted by atomic mass is 10.1. The van der Waals surface area contributed by atoms with Gasteiger partial charge in [0.05, 0.1) is 31.9 Å². The molecule has 0 aromatic heterocycles. The van der Waals surface area contributed by atoms with Crippen LogP contribution in [0.2, 0.25) is 0 Å². The largest absolute Gasteiger partial charge is 0.497 e. The van der Waals surface area contributed by atoms with Crippen molar-refractivity contribution >= 4 is 21.6 Å². The minimum Gasteiger partial charge on any atom is -0.497 e. The van der Waals surface area contributed by atoms with E-state index in [1.165, 1.54) is 26.4 Å². The molecule has 0 bridgehead atoms. The van der Waals surface area contributed by atoms with E-state index >= 15 is 0 Å². The SMILES string of the molecule is COc1ccc(CCCNC(=O)CN(c2ccc(OC)c(OC)c2)S(=O)(=O)c2ccc(C)cc2)cc1. The lowest BCUT2D eigenvalue weighted by Gasteiger charge is -2.25. The number of anilines is 1. The molecule has 0 aliphatic heterocycles. The van der Waals surface area contributed by atoms with Crippen molar-refractivity contribution in [1.29, 1.82) is 0 Å². The average Bonchev–Trinajstić information content (AvgIpc) is 2.89. The highest BCUT2D eigenvalue weighted by Gasteiger charge is 2.28. The number of nitrogens with one attached hydrogen (secondary N) is 1. The third kappa shape index (κ3) is 6.69. The summed E-state index contributed by atoms with van der Waals surface area (Å²) in [6, 6.07) is 19.0. The maximum atomic E-state index is 13.6. The van der Waals surface area contributed by atoms with Crippen LogP contribution in [0.25, 0.3) is 0 Å². The van der Waals surface area contributed by atoms with Gasteiger partial charge in [0, 0.05) is 12.6 Å². The summed E-state index contributed by atoms with van der Waals surface area (Å²) in [5, 5.41) is 2.83. The number of hydrogen-bond donors (Lipinski definition) is 1. The number of aryl methyl sites for hydroxylation is 2. The van der Waals surface area contributed by atoms with Crippen LogP contribution >= 0.6 is 0 Å². The molecule has 8 nitrogen and oxygen atoms in total. The predicted octanol–water partition coefficient (Wildman–Crippen LogP) is 3.97. The van der Waals surface area contributed by atoms with Crippen LogP contribution in [0.4, 0.5) is 5.69 Å². The number of hydrogen-bond acceptors (Lipinski definition) is 6. The number of carbonyl (C=O) groups is 1. The summed E-state index contributed by atoms with van der Waals surface area (Å²) in [4.78, 5) is 12.9. The molecule has 0 atom stereocenters. The van der Waals surface area contributed by atoms with Crippen molar-refractivity contribution in [2.24, 2.45) is 0 Å². The van der Waals surface area contributed by atoms with Crippen LogP contribution in [0.5, 0.6) is 17.2 Å². The first-order chi connectivity index (χ1) is 17.3. The Morgan fingerprint density at radius 1 is 0.861 bits per heavy atom. The van der Waals surface area contributed by atoms with Gasteiger partial charge in [-0.1, -0.05) is 29.8 Å². The maximum absolute atomic E-state index is 13.6. The molecule has 0 radical (unpaired) electrons. The molecule has 1 amide bonds. The number of ether oxygens (including phenoxy) is 3. The number of methoxy groups -OCH3 is 3. The molecule has 0 aliphatic rings. The van der Waals surface area contributed by atoms with Crippen LogP contribution in [0.3, 0.4) is 0 Å². The second-order valence-corrected chi connectivity index (χ2v) is 10.0. The number of sulfonamides is 1. The molecule has 3 rings (SSSR count). The number of carbonyl (C=O) groups excluding carboxylic acids is 1. The average molecular weight is 513 g/mol. The first kappa shape index (κ1) is 26.9. The quantitative estimate of drug-likeness (QED) is 0.369. The van der Waals surface area contributed by atoms with E-state index in [0.717, 1.165) is 27.6 Å². The van der Waals surface area contributed by atoms with Crippen molar-refractivity contribution in [3.8, 4) is 17.2 Å². The zero-order chi connectivity index (χ0) is 26.1. The van der Waals surface area contributed by atoms with Crippen LogP contribution in [0.15, 0.2) is 71.6 Å². The zero-order valence-electron chi connectivity index (χ0n) is 21.0. The van der Waals surface area contributed by atoms with E-state index in [4.69, 9.17) is 14.2 Å². The van der Waals surface area contributed by atoms with Crippen LogP contribution in [0.1, 0.15) is 17.5 Å². The number of amides is 1. The molecule has 0 aliphatic carbocycles. The van der Waals surface area contributed by atoms with E-state index in [2.05, 4.69) is 5.32 Å². The highest BCUT2D eigenvalue weighted by molar-refractivity contribution is 7.92.